The summed E-state index contributed by atoms with van der Waals surface area (Å²) in [5.74, 6) is -0.182. The number of nitrogens with one attached hydrogen (secondary N) is 1. The first-order valence-electron chi connectivity index (χ1n) is 6.18. The second-order valence-corrected chi connectivity index (χ2v) is 5.39. The molecule has 1 aliphatic rings. The van der Waals surface area contributed by atoms with Crippen molar-refractivity contribution in [1.82, 2.24) is 5.32 Å². The lowest BCUT2D eigenvalue weighted by molar-refractivity contribution is -0.129. The first-order valence-corrected chi connectivity index (χ1v) is 6.18. The van der Waals surface area contributed by atoms with Crippen molar-refractivity contribution in [2.45, 2.75) is 58.4 Å². The Hall–Kier alpha value is -1.26. The standard InChI is InChI=1S/C12H23N3O2/c1-4-12(3,9(13)15-17)10(16)14-11(2)7-5-6-8-11/h17H,4-8H2,1-3H3,(H2,13,15)(H,14,16). The molecule has 0 aliphatic heterocycles. The van der Waals surface area contributed by atoms with E-state index in [1.807, 2.05) is 6.92 Å². The number of nitrogens with zero attached hydrogens (tertiary/aromatic N) is 1. The van der Waals surface area contributed by atoms with Crippen molar-refractivity contribution >= 4 is 11.7 Å². The summed E-state index contributed by atoms with van der Waals surface area (Å²) in [6.07, 6.45) is 4.78. The van der Waals surface area contributed by atoms with E-state index in [4.69, 9.17) is 10.9 Å². The van der Waals surface area contributed by atoms with Crippen molar-refractivity contribution in [3.8, 4) is 0 Å². The number of carbonyl (C=O) groups excluding carboxylic acids is 1. The van der Waals surface area contributed by atoms with Crippen LogP contribution in [0.1, 0.15) is 52.9 Å². The van der Waals surface area contributed by atoms with Crippen molar-refractivity contribution in [2.75, 3.05) is 0 Å². The van der Waals surface area contributed by atoms with Gasteiger partial charge in [0, 0.05) is 5.54 Å². The van der Waals surface area contributed by atoms with E-state index in [9.17, 15) is 4.79 Å². The average molecular weight is 241 g/mol. The third-order valence-corrected chi connectivity index (χ3v) is 4.00. The summed E-state index contributed by atoms with van der Waals surface area (Å²) in [5.41, 5.74) is 4.55. The Bertz CT molecular complexity index is 322. The molecule has 1 saturated carbocycles. The Balaban J connectivity index is 2.80. The van der Waals surface area contributed by atoms with Crippen LogP contribution in [0.25, 0.3) is 0 Å². The molecule has 0 radical (unpaired) electrons. The van der Waals surface area contributed by atoms with Crippen LogP contribution in [0.3, 0.4) is 0 Å². The number of nitrogens with two attached hydrogens (primary N) is 1. The van der Waals surface area contributed by atoms with E-state index in [2.05, 4.69) is 17.4 Å². The molecule has 5 heteroatoms. The number of carbonyl (C=O) groups is 1. The molecule has 0 saturated heterocycles. The van der Waals surface area contributed by atoms with Gasteiger partial charge in [-0.15, -0.1) is 0 Å². The highest BCUT2D eigenvalue weighted by Crippen LogP contribution is 2.31. The third kappa shape index (κ3) is 2.70. The third-order valence-electron chi connectivity index (χ3n) is 4.00. The molecule has 0 bridgehead atoms. The van der Waals surface area contributed by atoms with Crippen LogP contribution in [0.4, 0.5) is 0 Å². The molecule has 1 fully saturated rings. The summed E-state index contributed by atoms with van der Waals surface area (Å²) in [4.78, 5) is 12.3. The predicted octanol–water partition coefficient (Wildman–Crippen LogP) is 1.60. The Morgan fingerprint density at radius 3 is 2.47 bits per heavy atom. The SMILES string of the molecule is CCC(C)(C(=O)NC1(C)CCCC1)C(N)=NO. The van der Waals surface area contributed by atoms with Crippen molar-refractivity contribution in [2.24, 2.45) is 16.3 Å². The molecule has 1 unspecified atom stereocenters. The molecule has 0 heterocycles. The zero-order valence-electron chi connectivity index (χ0n) is 10.9. The van der Waals surface area contributed by atoms with Gasteiger partial charge in [0.2, 0.25) is 5.91 Å². The molecule has 1 atom stereocenters. The number of oxime groups is 1. The molecular weight excluding hydrogens is 218 g/mol. The van der Waals surface area contributed by atoms with Gasteiger partial charge in [0.1, 0.15) is 5.41 Å². The lowest BCUT2D eigenvalue weighted by Gasteiger charge is -2.32. The second kappa shape index (κ2) is 4.94. The van der Waals surface area contributed by atoms with Gasteiger partial charge in [0.15, 0.2) is 5.84 Å². The summed E-state index contributed by atoms with van der Waals surface area (Å²) in [6, 6.07) is 0. The maximum Gasteiger partial charge on any atom is 0.234 e. The maximum atomic E-state index is 12.3. The van der Waals surface area contributed by atoms with E-state index in [0.717, 1.165) is 25.7 Å². The predicted molar refractivity (Wildman–Crippen MR) is 66.8 cm³/mol. The van der Waals surface area contributed by atoms with Gasteiger partial charge in [0.25, 0.3) is 0 Å². The molecule has 1 rings (SSSR count). The highest BCUT2D eigenvalue weighted by molar-refractivity contribution is 6.06. The van der Waals surface area contributed by atoms with E-state index in [-0.39, 0.29) is 17.3 Å². The molecule has 0 aromatic heterocycles. The maximum absolute atomic E-state index is 12.3. The van der Waals surface area contributed by atoms with Crippen molar-refractivity contribution in [1.29, 1.82) is 0 Å². The fourth-order valence-electron chi connectivity index (χ4n) is 2.26. The first kappa shape index (κ1) is 13.8. The molecule has 1 amide bonds. The van der Waals surface area contributed by atoms with Gasteiger partial charge in [0.05, 0.1) is 0 Å². The Kier molecular flexibility index (Phi) is 4.01. The van der Waals surface area contributed by atoms with Gasteiger partial charge < -0.3 is 16.3 Å². The fourth-order valence-corrected chi connectivity index (χ4v) is 2.26. The van der Waals surface area contributed by atoms with E-state index in [1.165, 1.54) is 0 Å². The highest BCUT2D eigenvalue weighted by atomic mass is 16.4. The van der Waals surface area contributed by atoms with E-state index >= 15 is 0 Å². The van der Waals surface area contributed by atoms with Crippen molar-refractivity contribution in [3.63, 3.8) is 0 Å². The largest absolute Gasteiger partial charge is 0.409 e. The molecule has 0 aromatic rings. The van der Waals surface area contributed by atoms with Gasteiger partial charge in [-0.2, -0.15) is 0 Å². The average Bonchev–Trinajstić information content (AvgIpc) is 2.73. The molecule has 17 heavy (non-hydrogen) atoms. The van der Waals surface area contributed by atoms with Crippen LogP contribution in [0.15, 0.2) is 5.16 Å². The van der Waals surface area contributed by atoms with E-state index in [1.54, 1.807) is 6.92 Å². The number of hydrogen-bond donors (Lipinski definition) is 3. The number of rotatable bonds is 4. The Morgan fingerprint density at radius 1 is 1.53 bits per heavy atom. The van der Waals surface area contributed by atoms with Crippen LogP contribution in [0.2, 0.25) is 0 Å². The first-order chi connectivity index (χ1) is 7.88. The molecule has 5 nitrogen and oxygen atoms in total. The second-order valence-electron chi connectivity index (χ2n) is 5.39. The summed E-state index contributed by atoms with van der Waals surface area (Å²) >= 11 is 0. The minimum atomic E-state index is -0.930. The van der Waals surface area contributed by atoms with Crippen molar-refractivity contribution in [3.05, 3.63) is 0 Å². The van der Waals surface area contributed by atoms with Gasteiger partial charge in [-0.1, -0.05) is 24.9 Å². The quantitative estimate of drug-likeness (QED) is 0.302. The normalized spacial score (nSPS) is 23.1. The van der Waals surface area contributed by atoms with Crippen LogP contribution in [-0.2, 0) is 4.79 Å². The summed E-state index contributed by atoms with van der Waals surface area (Å²) in [7, 11) is 0. The molecule has 98 valence electrons. The zero-order chi connectivity index (χ0) is 13.1. The number of amidine groups is 1. The molecule has 0 spiro atoms. The van der Waals surface area contributed by atoms with Gasteiger partial charge in [-0.3, -0.25) is 4.79 Å². The van der Waals surface area contributed by atoms with Crippen LogP contribution in [-0.4, -0.2) is 22.5 Å². The van der Waals surface area contributed by atoms with E-state index in [0.29, 0.717) is 6.42 Å². The minimum Gasteiger partial charge on any atom is -0.409 e. The molecule has 1 aliphatic carbocycles. The van der Waals surface area contributed by atoms with Crippen LogP contribution in [0.5, 0.6) is 0 Å². The zero-order valence-corrected chi connectivity index (χ0v) is 10.9. The van der Waals surface area contributed by atoms with Crippen LogP contribution < -0.4 is 11.1 Å². The summed E-state index contributed by atoms with van der Waals surface area (Å²) in [6.45, 7) is 5.62. The molecular formula is C12H23N3O2. The van der Waals surface area contributed by atoms with Gasteiger partial charge >= 0.3 is 0 Å². The number of hydrogen-bond acceptors (Lipinski definition) is 3. The minimum absolute atomic E-state index is 0.0286. The fraction of sp³-hybridized carbons (Fsp3) is 0.833. The Morgan fingerprint density at radius 2 is 2.06 bits per heavy atom. The summed E-state index contributed by atoms with van der Waals surface area (Å²) < 4.78 is 0. The lowest BCUT2D eigenvalue weighted by Crippen LogP contribution is -2.54. The summed E-state index contributed by atoms with van der Waals surface area (Å²) in [5, 5.41) is 14.8. The van der Waals surface area contributed by atoms with Crippen LogP contribution >= 0.6 is 0 Å². The smallest absolute Gasteiger partial charge is 0.234 e. The molecule has 4 N–H and O–H groups in total. The lowest BCUT2D eigenvalue weighted by atomic mass is 9.84. The number of amides is 1. The van der Waals surface area contributed by atoms with Crippen molar-refractivity contribution < 1.29 is 10.0 Å². The monoisotopic (exact) mass is 241 g/mol. The van der Waals surface area contributed by atoms with Crippen LogP contribution in [0, 0.1) is 5.41 Å². The highest BCUT2D eigenvalue weighted by Gasteiger charge is 2.40. The topological polar surface area (TPSA) is 87.7 Å². The molecule has 0 aromatic carbocycles. The Labute approximate surface area is 102 Å². The van der Waals surface area contributed by atoms with Gasteiger partial charge in [-0.05, 0) is 33.1 Å². The van der Waals surface area contributed by atoms with Gasteiger partial charge in [-0.25, -0.2) is 0 Å². The van der Waals surface area contributed by atoms with E-state index < -0.39 is 5.41 Å².